The molecule has 0 spiro atoms. The fourth-order valence-electron chi connectivity index (χ4n) is 2.70. The maximum absolute atomic E-state index is 12.4. The zero-order valence-electron chi connectivity index (χ0n) is 13.0. The average molecular weight is 329 g/mol. The lowest BCUT2D eigenvalue weighted by Crippen LogP contribution is -2.45. The van der Waals surface area contributed by atoms with Gasteiger partial charge in [-0.15, -0.1) is 11.8 Å². The summed E-state index contributed by atoms with van der Waals surface area (Å²) in [5, 5.41) is 3.89. The van der Waals surface area contributed by atoms with Crippen molar-refractivity contribution in [2.75, 3.05) is 24.2 Å². The molecule has 0 radical (unpaired) electrons. The fraction of sp³-hybridized carbons (Fsp3) is 0.375. The highest BCUT2D eigenvalue weighted by Gasteiger charge is 2.23. The van der Waals surface area contributed by atoms with E-state index in [0.29, 0.717) is 5.56 Å². The van der Waals surface area contributed by atoms with Crippen molar-refractivity contribution < 1.29 is 4.79 Å². The van der Waals surface area contributed by atoms with Crippen molar-refractivity contribution in [3.63, 3.8) is 0 Å². The van der Waals surface area contributed by atoms with Crippen molar-refractivity contribution in [3.8, 4) is 0 Å². The van der Waals surface area contributed by atoms with Crippen LogP contribution in [0.4, 0.5) is 5.82 Å². The highest BCUT2D eigenvalue weighted by Crippen LogP contribution is 2.19. The first-order valence-electron chi connectivity index (χ1n) is 7.59. The second-order valence-corrected chi connectivity index (χ2v) is 6.15. The van der Waals surface area contributed by atoms with Crippen LogP contribution in [0.25, 0.3) is 0 Å². The number of aromatic nitrogens is 3. The summed E-state index contributed by atoms with van der Waals surface area (Å²) in [6.45, 7) is 1.73. The minimum absolute atomic E-state index is 0.0413. The SMILES string of the molecule is CSc1ncccc1C(=O)NC1CCN(c2cnccn2)CC1. The van der Waals surface area contributed by atoms with E-state index in [0.717, 1.165) is 36.8 Å². The number of carbonyl (C=O) groups is 1. The highest BCUT2D eigenvalue weighted by atomic mass is 32.2. The molecule has 0 bridgehead atoms. The summed E-state index contributed by atoms with van der Waals surface area (Å²) in [6, 6.07) is 3.80. The Bertz CT molecular complexity index is 659. The second-order valence-electron chi connectivity index (χ2n) is 5.36. The standard InChI is InChI=1S/C16H19N5OS/c1-23-16-13(3-2-6-19-16)15(22)20-12-4-9-21(10-5-12)14-11-17-7-8-18-14/h2-3,6-8,11-12H,4-5,9-10H2,1H3,(H,20,22). The minimum Gasteiger partial charge on any atom is -0.355 e. The predicted molar refractivity (Wildman–Crippen MR) is 90.8 cm³/mol. The van der Waals surface area contributed by atoms with Crippen LogP contribution < -0.4 is 10.2 Å². The lowest BCUT2D eigenvalue weighted by atomic mass is 10.0. The Balaban J connectivity index is 1.57. The largest absolute Gasteiger partial charge is 0.355 e. The number of nitrogens with one attached hydrogen (secondary N) is 1. The van der Waals surface area contributed by atoms with E-state index >= 15 is 0 Å². The number of amides is 1. The van der Waals surface area contributed by atoms with Gasteiger partial charge in [-0.05, 0) is 31.2 Å². The van der Waals surface area contributed by atoms with Crippen molar-refractivity contribution in [3.05, 3.63) is 42.5 Å². The highest BCUT2D eigenvalue weighted by molar-refractivity contribution is 7.98. The maximum atomic E-state index is 12.4. The number of pyridine rings is 1. The summed E-state index contributed by atoms with van der Waals surface area (Å²) in [7, 11) is 0. The molecule has 1 saturated heterocycles. The Morgan fingerprint density at radius 2 is 2.09 bits per heavy atom. The van der Waals surface area contributed by atoms with Crippen LogP contribution in [0.15, 0.2) is 41.9 Å². The first kappa shape index (κ1) is 15.7. The van der Waals surface area contributed by atoms with Crippen LogP contribution in [0, 0.1) is 0 Å². The van der Waals surface area contributed by atoms with Crippen LogP contribution >= 0.6 is 11.8 Å². The maximum Gasteiger partial charge on any atom is 0.254 e. The summed E-state index contributed by atoms with van der Waals surface area (Å²) in [5.41, 5.74) is 0.649. The zero-order chi connectivity index (χ0) is 16.1. The molecule has 1 N–H and O–H groups in total. The molecule has 0 atom stereocenters. The van der Waals surface area contributed by atoms with E-state index < -0.39 is 0 Å². The molecule has 1 aliphatic heterocycles. The smallest absolute Gasteiger partial charge is 0.254 e. The van der Waals surface area contributed by atoms with E-state index in [1.807, 2.05) is 12.3 Å². The van der Waals surface area contributed by atoms with Crippen molar-refractivity contribution in [2.45, 2.75) is 23.9 Å². The number of nitrogens with zero attached hydrogens (tertiary/aromatic N) is 4. The molecule has 0 aromatic carbocycles. The molecule has 7 heteroatoms. The topological polar surface area (TPSA) is 71.0 Å². The molecule has 1 fully saturated rings. The van der Waals surface area contributed by atoms with E-state index in [1.54, 1.807) is 30.9 Å². The number of piperidine rings is 1. The van der Waals surface area contributed by atoms with E-state index in [9.17, 15) is 4.79 Å². The van der Waals surface area contributed by atoms with Gasteiger partial charge >= 0.3 is 0 Å². The summed E-state index contributed by atoms with van der Waals surface area (Å²) in [6.07, 6.45) is 10.6. The van der Waals surface area contributed by atoms with E-state index in [2.05, 4.69) is 25.2 Å². The van der Waals surface area contributed by atoms with Crippen molar-refractivity contribution >= 4 is 23.5 Å². The molecular formula is C16H19N5OS. The Labute approximate surface area is 139 Å². The molecule has 23 heavy (non-hydrogen) atoms. The molecule has 0 unspecified atom stereocenters. The molecule has 6 nitrogen and oxygen atoms in total. The lowest BCUT2D eigenvalue weighted by Gasteiger charge is -2.32. The number of rotatable bonds is 4. The van der Waals surface area contributed by atoms with Crippen LogP contribution in [0.3, 0.4) is 0 Å². The van der Waals surface area contributed by atoms with E-state index in [1.165, 1.54) is 11.8 Å². The van der Waals surface area contributed by atoms with Gasteiger partial charge in [0.1, 0.15) is 10.8 Å². The van der Waals surface area contributed by atoms with Crippen molar-refractivity contribution in [2.24, 2.45) is 0 Å². The normalized spacial score (nSPS) is 15.4. The van der Waals surface area contributed by atoms with Gasteiger partial charge in [-0.25, -0.2) is 9.97 Å². The number of hydrogen-bond donors (Lipinski definition) is 1. The monoisotopic (exact) mass is 329 g/mol. The van der Waals surface area contributed by atoms with Gasteiger partial charge in [0, 0.05) is 37.7 Å². The first-order valence-corrected chi connectivity index (χ1v) is 8.81. The van der Waals surface area contributed by atoms with Gasteiger partial charge in [0.2, 0.25) is 0 Å². The van der Waals surface area contributed by atoms with Crippen LogP contribution in [-0.2, 0) is 0 Å². The molecule has 1 amide bonds. The predicted octanol–water partition coefficient (Wildman–Crippen LogP) is 1.99. The summed E-state index contributed by atoms with van der Waals surface area (Å²) >= 11 is 1.49. The summed E-state index contributed by atoms with van der Waals surface area (Å²) < 4.78 is 0. The Hall–Kier alpha value is -2.15. The molecule has 120 valence electrons. The lowest BCUT2D eigenvalue weighted by molar-refractivity contribution is 0.0927. The summed E-state index contributed by atoms with van der Waals surface area (Å²) in [4.78, 5) is 27.3. The van der Waals surface area contributed by atoms with Crippen LogP contribution in [0.5, 0.6) is 0 Å². The van der Waals surface area contributed by atoms with E-state index in [-0.39, 0.29) is 11.9 Å². The molecule has 0 aliphatic carbocycles. The van der Waals surface area contributed by atoms with Gasteiger partial charge in [0.25, 0.3) is 5.91 Å². The van der Waals surface area contributed by atoms with Crippen LogP contribution in [0.1, 0.15) is 23.2 Å². The van der Waals surface area contributed by atoms with Gasteiger partial charge in [0.05, 0.1) is 11.8 Å². The molecule has 3 heterocycles. The fourth-order valence-corrected chi connectivity index (χ4v) is 3.24. The molecule has 0 saturated carbocycles. The molecule has 2 aromatic rings. The first-order chi connectivity index (χ1) is 11.3. The van der Waals surface area contributed by atoms with Crippen LogP contribution in [-0.4, -0.2) is 46.2 Å². The number of carbonyl (C=O) groups excluding carboxylic acids is 1. The Morgan fingerprint density at radius 3 is 2.78 bits per heavy atom. The molecule has 3 rings (SSSR count). The van der Waals surface area contributed by atoms with Gasteiger partial charge in [-0.1, -0.05) is 0 Å². The van der Waals surface area contributed by atoms with Gasteiger partial charge in [0.15, 0.2) is 0 Å². The zero-order valence-corrected chi connectivity index (χ0v) is 13.8. The third-order valence-electron chi connectivity index (χ3n) is 3.91. The average Bonchev–Trinajstić information content (AvgIpc) is 2.63. The van der Waals surface area contributed by atoms with Crippen molar-refractivity contribution in [1.82, 2.24) is 20.3 Å². The second kappa shape index (κ2) is 7.41. The number of anilines is 1. The number of thioether (sulfide) groups is 1. The Kier molecular flexibility index (Phi) is 5.07. The quantitative estimate of drug-likeness (QED) is 0.865. The van der Waals surface area contributed by atoms with Crippen molar-refractivity contribution in [1.29, 1.82) is 0 Å². The third-order valence-corrected chi connectivity index (χ3v) is 4.62. The minimum atomic E-state index is -0.0413. The van der Waals surface area contributed by atoms with Crippen LogP contribution in [0.2, 0.25) is 0 Å². The molecular weight excluding hydrogens is 310 g/mol. The van der Waals surface area contributed by atoms with Gasteiger partial charge in [-0.3, -0.25) is 9.78 Å². The third kappa shape index (κ3) is 3.79. The Morgan fingerprint density at radius 1 is 1.26 bits per heavy atom. The van der Waals surface area contributed by atoms with Gasteiger partial charge < -0.3 is 10.2 Å². The molecule has 2 aromatic heterocycles. The molecule has 1 aliphatic rings. The summed E-state index contributed by atoms with van der Waals surface area (Å²) in [5.74, 6) is 0.856. The van der Waals surface area contributed by atoms with Gasteiger partial charge in [-0.2, -0.15) is 0 Å². The number of hydrogen-bond acceptors (Lipinski definition) is 6. The van der Waals surface area contributed by atoms with E-state index in [4.69, 9.17) is 0 Å².